The Hall–Kier alpha value is -0.410. The number of hydrogen-bond donors (Lipinski definition) is 1. The predicted octanol–water partition coefficient (Wildman–Crippen LogP) is 5.08. The molecule has 0 saturated heterocycles. The third-order valence-corrected chi connectivity index (χ3v) is 5.96. The van der Waals surface area contributed by atoms with Crippen molar-refractivity contribution in [1.82, 2.24) is 5.32 Å². The molecule has 21 heavy (non-hydrogen) atoms. The van der Waals surface area contributed by atoms with Crippen molar-refractivity contribution in [2.45, 2.75) is 57.4 Å². The molecule has 0 radical (unpaired) electrons. The van der Waals surface area contributed by atoms with Gasteiger partial charge in [-0.2, -0.15) is 0 Å². The second-order valence-electron chi connectivity index (χ2n) is 6.76. The topological polar surface area (TPSA) is 12.0 Å². The SMILES string of the molecule is Fc1cccc(CC2CCCCCC2CNC2CC2)c1Br. The monoisotopic (exact) mass is 353 g/mol. The molecule has 1 aromatic carbocycles. The van der Waals surface area contributed by atoms with E-state index in [0.29, 0.717) is 10.4 Å². The average molecular weight is 354 g/mol. The van der Waals surface area contributed by atoms with Crippen LogP contribution in [0.3, 0.4) is 0 Å². The van der Waals surface area contributed by atoms with Gasteiger partial charge in [0.1, 0.15) is 5.82 Å². The van der Waals surface area contributed by atoms with E-state index in [-0.39, 0.29) is 5.82 Å². The van der Waals surface area contributed by atoms with E-state index < -0.39 is 0 Å². The number of benzene rings is 1. The van der Waals surface area contributed by atoms with Crippen molar-refractivity contribution >= 4 is 15.9 Å². The number of rotatable bonds is 5. The fourth-order valence-corrected chi connectivity index (χ4v) is 4.02. The fourth-order valence-electron chi connectivity index (χ4n) is 3.59. The van der Waals surface area contributed by atoms with Crippen LogP contribution in [0.4, 0.5) is 4.39 Å². The highest BCUT2D eigenvalue weighted by Crippen LogP contribution is 2.34. The molecule has 0 bridgehead atoms. The van der Waals surface area contributed by atoms with Gasteiger partial charge in [-0.25, -0.2) is 4.39 Å². The summed E-state index contributed by atoms with van der Waals surface area (Å²) >= 11 is 3.43. The first-order valence-corrected chi connectivity index (χ1v) is 9.19. The van der Waals surface area contributed by atoms with Crippen molar-refractivity contribution < 1.29 is 4.39 Å². The molecule has 0 heterocycles. The Morgan fingerprint density at radius 3 is 2.57 bits per heavy atom. The summed E-state index contributed by atoms with van der Waals surface area (Å²) < 4.78 is 14.4. The van der Waals surface area contributed by atoms with Gasteiger partial charge in [-0.05, 0) is 78.0 Å². The molecule has 0 aromatic heterocycles. The maximum atomic E-state index is 13.7. The first kappa shape index (κ1) is 15.5. The highest BCUT2D eigenvalue weighted by atomic mass is 79.9. The van der Waals surface area contributed by atoms with Crippen molar-refractivity contribution in [1.29, 1.82) is 0 Å². The Bertz CT molecular complexity index is 472. The van der Waals surface area contributed by atoms with Gasteiger partial charge in [0.05, 0.1) is 4.47 Å². The lowest BCUT2D eigenvalue weighted by Crippen LogP contribution is -2.30. The van der Waals surface area contributed by atoms with Gasteiger partial charge >= 0.3 is 0 Å². The van der Waals surface area contributed by atoms with Crippen molar-refractivity contribution in [3.63, 3.8) is 0 Å². The molecule has 116 valence electrons. The normalized spacial score (nSPS) is 26.6. The fraction of sp³-hybridized carbons (Fsp3) is 0.667. The maximum absolute atomic E-state index is 13.7. The maximum Gasteiger partial charge on any atom is 0.137 e. The minimum absolute atomic E-state index is 0.131. The molecule has 2 aliphatic rings. The van der Waals surface area contributed by atoms with E-state index in [2.05, 4.69) is 27.3 Å². The van der Waals surface area contributed by atoms with Gasteiger partial charge < -0.3 is 5.32 Å². The molecule has 1 N–H and O–H groups in total. The van der Waals surface area contributed by atoms with Gasteiger partial charge in [0.15, 0.2) is 0 Å². The third-order valence-electron chi connectivity index (χ3n) is 5.08. The van der Waals surface area contributed by atoms with Crippen LogP contribution in [0.25, 0.3) is 0 Å². The van der Waals surface area contributed by atoms with Crippen LogP contribution >= 0.6 is 15.9 Å². The molecular weight excluding hydrogens is 329 g/mol. The van der Waals surface area contributed by atoms with Crippen LogP contribution in [-0.4, -0.2) is 12.6 Å². The Balaban J connectivity index is 1.67. The van der Waals surface area contributed by atoms with Crippen LogP contribution < -0.4 is 5.32 Å². The summed E-state index contributed by atoms with van der Waals surface area (Å²) in [4.78, 5) is 0. The Morgan fingerprint density at radius 2 is 1.81 bits per heavy atom. The summed E-state index contributed by atoms with van der Waals surface area (Å²) in [6.45, 7) is 1.16. The van der Waals surface area contributed by atoms with E-state index in [1.165, 1.54) is 51.0 Å². The summed E-state index contributed by atoms with van der Waals surface area (Å²) in [7, 11) is 0. The average Bonchev–Trinajstić information content (AvgIpc) is 3.30. The zero-order chi connectivity index (χ0) is 14.7. The molecule has 1 nitrogen and oxygen atoms in total. The number of nitrogens with one attached hydrogen (secondary N) is 1. The lowest BCUT2D eigenvalue weighted by molar-refractivity contribution is 0.296. The molecule has 2 saturated carbocycles. The molecule has 2 atom stereocenters. The molecule has 2 aliphatic carbocycles. The molecule has 0 spiro atoms. The van der Waals surface area contributed by atoms with E-state index >= 15 is 0 Å². The zero-order valence-corrected chi connectivity index (χ0v) is 14.2. The molecule has 2 unspecified atom stereocenters. The van der Waals surface area contributed by atoms with E-state index in [1.54, 1.807) is 0 Å². The number of hydrogen-bond acceptors (Lipinski definition) is 1. The molecule has 0 amide bonds. The highest BCUT2D eigenvalue weighted by molar-refractivity contribution is 9.10. The summed E-state index contributed by atoms with van der Waals surface area (Å²) in [5, 5.41) is 3.71. The van der Waals surface area contributed by atoms with E-state index in [4.69, 9.17) is 0 Å². The van der Waals surface area contributed by atoms with Crippen LogP contribution in [0, 0.1) is 17.7 Å². The highest BCUT2D eigenvalue weighted by Gasteiger charge is 2.27. The van der Waals surface area contributed by atoms with E-state index in [1.807, 2.05) is 6.07 Å². The number of halogens is 2. The van der Waals surface area contributed by atoms with Crippen LogP contribution in [-0.2, 0) is 6.42 Å². The molecule has 0 aliphatic heterocycles. The molecule has 3 heteroatoms. The van der Waals surface area contributed by atoms with Crippen LogP contribution in [0.1, 0.15) is 50.5 Å². The van der Waals surface area contributed by atoms with Crippen molar-refractivity contribution in [3.05, 3.63) is 34.1 Å². The van der Waals surface area contributed by atoms with Gasteiger partial charge in [-0.3, -0.25) is 0 Å². The van der Waals surface area contributed by atoms with Crippen molar-refractivity contribution in [2.75, 3.05) is 6.54 Å². The molecule has 2 fully saturated rings. The molecule has 3 rings (SSSR count). The van der Waals surface area contributed by atoms with E-state index in [9.17, 15) is 4.39 Å². The molecule has 1 aromatic rings. The van der Waals surface area contributed by atoms with Gasteiger partial charge in [-0.1, -0.05) is 31.4 Å². The van der Waals surface area contributed by atoms with Crippen molar-refractivity contribution in [2.24, 2.45) is 11.8 Å². The van der Waals surface area contributed by atoms with Crippen molar-refractivity contribution in [3.8, 4) is 0 Å². The summed E-state index contributed by atoms with van der Waals surface area (Å²) in [5.41, 5.74) is 1.14. The lowest BCUT2D eigenvalue weighted by atomic mass is 9.83. The van der Waals surface area contributed by atoms with Gasteiger partial charge in [-0.15, -0.1) is 0 Å². The summed E-state index contributed by atoms with van der Waals surface area (Å²) in [6.07, 6.45) is 10.4. The largest absolute Gasteiger partial charge is 0.314 e. The van der Waals surface area contributed by atoms with Gasteiger partial charge in [0.2, 0.25) is 0 Å². The Kier molecular flexibility index (Phi) is 5.33. The summed E-state index contributed by atoms with van der Waals surface area (Å²) in [6, 6.07) is 6.23. The van der Waals surface area contributed by atoms with Crippen LogP contribution in [0.15, 0.2) is 22.7 Å². The quantitative estimate of drug-likeness (QED) is 0.727. The standard InChI is InChI=1S/C18H25BrFN/c19-18-14(7-4-8-17(18)20)11-13-5-2-1-3-6-15(13)12-21-16-9-10-16/h4,7-8,13,15-16,21H,1-3,5-6,9-12H2. The second kappa shape index (κ2) is 7.23. The summed E-state index contributed by atoms with van der Waals surface area (Å²) in [5.74, 6) is 1.31. The first-order valence-electron chi connectivity index (χ1n) is 8.40. The third kappa shape index (κ3) is 4.29. The Morgan fingerprint density at radius 1 is 1.05 bits per heavy atom. The lowest BCUT2D eigenvalue weighted by Gasteiger charge is -2.26. The van der Waals surface area contributed by atoms with Gasteiger partial charge in [0.25, 0.3) is 0 Å². The smallest absolute Gasteiger partial charge is 0.137 e. The van der Waals surface area contributed by atoms with E-state index in [0.717, 1.165) is 30.5 Å². The van der Waals surface area contributed by atoms with Gasteiger partial charge in [0, 0.05) is 6.04 Å². The Labute approximate surface area is 135 Å². The van der Waals surface area contributed by atoms with Crippen LogP contribution in [0.5, 0.6) is 0 Å². The zero-order valence-electron chi connectivity index (χ0n) is 12.6. The predicted molar refractivity (Wildman–Crippen MR) is 88.9 cm³/mol. The minimum Gasteiger partial charge on any atom is -0.314 e. The second-order valence-corrected chi connectivity index (χ2v) is 7.55. The first-order chi connectivity index (χ1) is 10.2. The molecular formula is C18H25BrFN. The van der Waals surface area contributed by atoms with Crippen LogP contribution in [0.2, 0.25) is 0 Å². The minimum atomic E-state index is -0.131.